The molecule has 0 saturated heterocycles. The highest BCUT2D eigenvalue weighted by atomic mass is 16.5. The summed E-state index contributed by atoms with van der Waals surface area (Å²) in [6.45, 7) is 5.66. The van der Waals surface area contributed by atoms with Gasteiger partial charge in [-0.3, -0.25) is 4.99 Å². The van der Waals surface area contributed by atoms with Crippen LogP contribution in [-0.4, -0.2) is 42.3 Å². The van der Waals surface area contributed by atoms with Crippen molar-refractivity contribution in [2.45, 2.75) is 39.2 Å². The molecular formula is C20H29N5O. The van der Waals surface area contributed by atoms with Crippen LogP contribution in [0.1, 0.15) is 29.8 Å². The fourth-order valence-corrected chi connectivity index (χ4v) is 3.20. The van der Waals surface area contributed by atoms with Crippen LogP contribution in [0, 0.1) is 6.92 Å². The van der Waals surface area contributed by atoms with E-state index in [1.165, 1.54) is 11.1 Å². The highest BCUT2D eigenvalue weighted by Crippen LogP contribution is 2.25. The van der Waals surface area contributed by atoms with E-state index in [2.05, 4.69) is 43.4 Å². The number of aliphatic imine (C=N–C) groups is 1. The molecule has 0 unspecified atom stereocenters. The maximum absolute atomic E-state index is 5.56. The molecule has 0 saturated carbocycles. The first-order chi connectivity index (χ1) is 12.8. The summed E-state index contributed by atoms with van der Waals surface area (Å²) in [7, 11) is 1.82. The minimum absolute atomic E-state index is 0.814. The lowest BCUT2D eigenvalue weighted by atomic mass is 10.1. The maximum atomic E-state index is 5.56. The van der Waals surface area contributed by atoms with E-state index in [1.807, 2.05) is 26.4 Å². The largest absolute Gasteiger partial charge is 0.493 e. The SMILES string of the molecule is CN=C(NCCCCn1ccnc1C)NCCc1ccc2c(c1)CCO2. The lowest BCUT2D eigenvalue weighted by Gasteiger charge is -2.12. The van der Waals surface area contributed by atoms with Crippen LogP contribution in [-0.2, 0) is 19.4 Å². The second-order valence-corrected chi connectivity index (χ2v) is 6.59. The third-order valence-corrected chi connectivity index (χ3v) is 4.73. The van der Waals surface area contributed by atoms with Gasteiger partial charge >= 0.3 is 0 Å². The number of unbranched alkanes of at least 4 members (excludes halogenated alkanes) is 1. The van der Waals surface area contributed by atoms with Crippen molar-refractivity contribution in [2.24, 2.45) is 4.99 Å². The number of fused-ring (bicyclic) bond motifs is 1. The Hall–Kier alpha value is -2.50. The number of ether oxygens (including phenoxy) is 1. The van der Waals surface area contributed by atoms with Gasteiger partial charge < -0.3 is 19.9 Å². The molecule has 2 N–H and O–H groups in total. The number of imidazole rings is 1. The van der Waals surface area contributed by atoms with Crippen LogP contribution in [0.3, 0.4) is 0 Å². The first kappa shape index (κ1) is 18.3. The average molecular weight is 355 g/mol. The van der Waals surface area contributed by atoms with E-state index in [0.29, 0.717) is 0 Å². The van der Waals surface area contributed by atoms with E-state index >= 15 is 0 Å². The maximum Gasteiger partial charge on any atom is 0.190 e. The summed E-state index contributed by atoms with van der Waals surface area (Å²) in [5.74, 6) is 2.99. The summed E-state index contributed by atoms with van der Waals surface area (Å²) in [6, 6.07) is 6.51. The number of rotatable bonds is 8. The number of nitrogens with one attached hydrogen (secondary N) is 2. The van der Waals surface area contributed by atoms with Crippen LogP contribution >= 0.6 is 0 Å². The predicted molar refractivity (Wildman–Crippen MR) is 105 cm³/mol. The predicted octanol–water partition coefficient (Wildman–Crippen LogP) is 2.31. The topological polar surface area (TPSA) is 63.5 Å². The molecule has 2 heterocycles. The molecule has 1 aliphatic heterocycles. The van der Waals surface area contributed by atoms with Gasteiger partial charge in [0.1, 0.15) is 11.6 Å². The van der Waals surface area contributed by atoms with Gasteiger partial charge in [0.05, 0.1) is 6.61 Å². The monoisotopic (exact) mass is 355 g/mol. The van der Waals surface area contributed by atoms with Gasteiger partial charge in [-0.2, -0.15) is 0 Å². The van der Waals surface area contributed by atoms with Crippen molar-refractivity contribution in [3.8, 4) is 5.75 Å². The smallest absolute Gasteiger partial charge is 0.190 e. The molecule has 26 heavy (non-hydrogen) atoms. The van der Waals surface area contributed by atoms with Crippen molar-refractivity contribution in [3.63, 3.8) is 0 Å². The minimum Gasteiger partial charge on any atom is -0.493 e. The number of hydrogen-bond donors (Lipinski definition) is 2. The highest BCUT2D eigenvalue weighted by molar-refractivity contribution is 5.79. The van der Waals surface area contributed by atoms with Gasteiger partial charge in [-0.25, -0.2) is 4.98 Å². The van der Waals surface area contributed by atoms with Gasteiger partial charge in [0, 0.05) is 45.5 Å². The average Bonchev–Trinajstić information content (AvgIpc) is 3.28. The third-order valence-electron chi connectivity index (χ3n) is 4.73. The summed E-state index contributed by atoms with van der Waals surface area (Å²) in [6.07, 6.45) is 8.12. The van der Waals surface area contributed by atoms with Crippen molar-refractivity contribution in [3.05, 3.63) is 47.5 Å². The molecule has 0 amide bonds. The molecule has 2 aromatic rings. The Labute approximate surface area is 155 Å². The lowest BCUT2D eigenvalue weighted by molar-refractivity contribution is 0.357. The van der Waals surface area contributed by atoms with Crippen LogP contribution < -0.4 is 15.4 Å². The molecular weight excluding hydrogens is 326 g/mol. The van der Waals surface area contributed by atoms with E-state index in [0.717, 1.165) is 69.5 Å². The highest BCUT2D eigenvalue weighted by Gasteiger charge is 2.11. The second-order valence-electron chi connectivity index (χ2n) is 6.59. The number of benzene rings is 1. The molecule has 6 heteroatoms. The van der Waals surface area contributed by atoms with Gasteiger partial charge in [0.15, 0.2) is 5.96 Å². The van der Waals surface area contributed by atoms with Crippen molar-refractivity contribution in [2.75, 3.05) is 26.7 Å². The van der Waals surface area contributed by atoms with Gasteiger partial charge in [-0.1, -0.05) is 12.1 Å². The van der Waals surface area contributed by atoms with Crippen LogP contribution in [0.4, 0.5) is 0 Å². The number of hydrogen-bond acceptors (Lipinski definition) is 3. The normalized spacial score (nSPS) is 13.4. The summed E-state index contributed by atoms with van der Waals surface area (Å²) < 4.78 is 7.75. The Kier molecular flexibility index (Phi) is 6.52. The Balaban J connectivity index is 1.31. The quantitative estimate of drug-likeness (QED) is 0.433. The Bertz CT molecular complexity index is 738. The summed E-state index contributed by atoms with van der Waals surface area (Å²) >= 11 is 0. The van der Waals surface area contributed by atoms with E-state index < -0.39 is 0 Å². The molecule has 3 rings (SSSR count). The summed E-state index contributed by atoms with van der Waals surface area (Å²) in [4.78, 5) is 8.54. The number of nitrogens with zero attached hydrogens (tertiary/aromatic N) is 3. The first-order valence-electron chi connectivity index (χ1n) is 9.43. The van der Waals surface area contributed by atoms with Gasteiger partial charge in [0.25, 0.3) is 0 Å². The van der Waals surface area contributed by atoms with Crippen molar-refractivity contribution in [1.82, 2.24) is 20.2 Å². The zero-order chi connectivity index (χ0) is 18.2. The Morgan fingerprint density at radius 2 is 2.15 bits per heavy atom. The molecule has 0 radical (unpaired) electrons. The molecule has 0 bridgehead atoms. The standard InChI is InChI=1S/C20H29N5O/c1-16-22-11-13-25(16)12-4-3-9-23-20(21-2)24-10-7-17-5-6-19-18(15-17)8-14-26-19/h5-6,11,13,15H,3-4,7-10,12,14H2,1-2H3,(H2,21,23,24). The summed E-state index contributed by atoms with van der Waals surface area (Å²) in [5.41, 5.74) is 2.67. The molecule has 0 spiro atoms. The zero-order valence-corrected chi connectivity index (χ0v) is 15.8. The van der Waals surface area contributed by atoms with Crippen LogP contribution in [0.2, 0.25) is 0 Å². The van der Waals surface area contributed by atoms with E-state index in [1.54, 1.807) is 0 Å². The van der Waals surface area contributed by atoms with Gasteiger partial charge in [-0.15, -0.1) is 0 Å². The molecule has 1 aromatic carbocycles. The molecule has 6 nitrogen and oxygen atoms in total. The van der Waals surface area contributed by atoms with Gasteiger partial charge in [-0.05, 0) is 43.4 Å². The van der Waals surface area contributed by atoms with E-state index in [9.17, 15) is 0 Å². The van der Waals surface area contributed by atoms with Crippen molar-refractivity contribution < 1.29 is 4.74 Å². The van der Waals surface area contributed by atoms with Gasteiger partial charge in [0.2, 0.25) is 0 Å². The fraction of sp³-hybridized carbons (Fsp3) is 0.500. The van der Waals surface area contributed by atoms with Crippen LogP contribution in [0.5, 0.6) is 5.75 Å². The molecule has 0 atom stereocenters. The van der Waals surface area contributed by atoms with E-state index in [4.69, 9.17) is 4.74 Å². The second kappa shape index (κ2) is 9.27. The third kappa shape index (κ3) is 5.00. The number of guanidine groups is 1. The fourth-order valence-electron chi connectivity index (χ4n) is 3.20. The molecule has 140 valence electrons. The molecule has 1 aromatic heterocycles. The number of aromatic nitrogens is 2. The number of aryl methyl sites for hydroxylation is 2. The Morgan fingerprint density at radius 3 is 2.96 bits per heavy atom. The van der Waals surface area contributed by atoms with Crippen molar-refractivity contribution in [1.29, 1.82) is 0 Å². The summed E-state index contributed by atoms with van der Waals surface area (Å²) in [5, 5.41) is 6.78. The van der Waals surface area contributed by atoms with Crippen LogP contribution in [0.25, 0.3) is 0 Å². The lowest BCUT2D eigenvalue weighted by Crippen LogP contribution is -2.38. The molecule has 0 fully saturated rings. The first-order valence-corrected chi connectivity index (χ1v) is 9.43. The minimum atomic E-state index is 0.814. The molecule has 0 aliphatic carbocycles. The molecule has 1 aliphatic rings. The van der Waals surface area contributed by atoms with E-state index in [-0.39, 0.29) is 0 Å². The zero-order valence-electron chi connectivity index (χ0n) is 15.8. The van der Waals surface area contributed by atoms with Crippen LogP contribution in [0.15, 0.2) is 35.6 Å². The Morgan fingerprint density at radius 1 is 1.27 bits per heavy atom. The van der Waals surface area contributed by atoms with Crippen molar-refractivity contribution >= 4 is 5.96 Å².